The molecule has 3 aromatic rings. The Kier molecular flexibility index (Phi) is 7.68. The van der Waals surface area contributed by atoms with Gasteiger partial charge in [-0.25, -0.2) is 14.6 Å². The highest BCUT2D eigenvalue weighted by Crippen LogP contribution is 2.14. The van der Waals surface area contributed by atoms with E-state index in [1.165, 1.54) is 5.56 Å². The zero-order chi connectivity index (χ0) is 20.1. The van der Waals surface area contributed by atoms with E-state index in [0.717, 1.165) is 45.0 Å². The van der Waals surface area contributed by atoms with Crippen molar-refractivity contribution in [3.8, 4) is 5.95 Å². The van der Waals surface area contributed by atoms with Gasteiger partial charge in [0.25, 0.3) is 5.95 Å². The average Bonchev–Trinajstić information content (AvgIpc) is 3.16. The van der Waals surface area contributed by atoms with E-state index in [1.54, 1.807) is 29.3 Å². The number of aromatic nitrogens is 4. The average molecular weight is 427 g/mol. The van der Waals surface area contributed by atoms with Crippen molar-refractivity contribution in [2.45, 2.75) is 19.9 Å². The molecule has 8 heteroatoms. The normalized spacial score (nSPS) is 15.0. The van der Waals surface area contributed by atoms with Gasteiger partial charge in [-0.2, -0.15) is 5.10 Å². The first-order valence-electron chi connectivity index (χ1n) is 10.0. The van der Waals surface area contributed by atoms with Gasteiger partial charge in [-0.15, -0.1) is 12.4 Å². The van der Waals surface area contributed by atoms with Crippen LogP contribution in [-0.4, -0.2) is 68.1 Å². The SMILES string of the molecule is Cc1c(C(=O)CCN2CCN(Cc3ccccc3)CC2)cnn1-c1ncccn1.Cl. The lowest BCUT2D eigenvalue weighted by molar-refractivity contribution is 0.0922. The maximum absolute atomic E-state index is 12.7. The number of carbonyl (C=O) groups is 1. The third-order valence-electron chi connectivity index (χ3n) is 5.42. The van der Waals surface area contributed by atoms with Crippen LogP contribution in [0.4, 0.5) is 0 Å². The number of benzene rings is 1. The third-order valence-corrected chi connectivity index (χ3v) is 5.42. The fraction of sp³-hybridized carbons (Fsp3) is 0.364. The molecular formula is C22H27ClN6O. The first-order valence-corrected chi connectivity index (χ1v) is 10.0. The summed E-state index contributed by atoms with van der Waals surface area (Å²) in [5.41, 5.74) is 2.79. The number of rotatable bonds is 7. The van der Waals surface area contributed by atoms with E-state index in [0.29, 0.717) is 17.9 Å². The zero-order valence-corrected chi connectivity index (χ0v) is 18.0. The van der Waals surface area contributed by atoms with Crippen molar-refractivity contribution in [2.24, 2.45) is 0 Å². The molecule has 0 saturated carbocycles. The smallest absolute Gasteiger partial charge is 0.250 e. The summed E-state index contributed by atoms with van der Waals surface area (Å²) in [6, 6.07) is 12.3. The van der Waals surface area contributed by atoms with E-state index >= 15 is 0 Å². The molecule has 30 heavy (non-hydrogen) atoms. The van der Waals surface area contributed by atoms with Crippen molar-refractivity contribution < 1.29 is 4.79 Å². The predicted octanol–water partition coefficient (Wildman–Crippen LogP) is 2.78. The standard InChI is InChI=1S/C22H26N6O.ClH/c1-18-20(16-25-28(18)22-23-9-5-10-24-22)21(29)8-11-26-12-14-27(15-13-26)17-19-6-3-2-4-7-19;/h2-7,9-10,16H,8,11-15,17H2,1H3;1H. The molecule has 0 radical (unpaired) electrons. The van der Waals surface area contributed by atoms with Crippen molar-refractivity contribution in [3.63, 3.8) is 0 Å². The second-order valence-corrected chi connectivity index (χ2v) is 7.38. The Balaban J connectivity index is 0.00000256. The van der Waals surface area contributed by atoms with Gasteiger partial charge in [-0.1, -0.05) is 30.3 Å². The van der Waals surface area contributed by atoms with E-state index in [-0.39, 0.29) is 18.2 Å². The van der Waals surface area contributed by atoms with Crippen molar-refractivity contribution >= 4 is 18.2 Å². The molecule has 158 valence electrons. The maximum atomic E-state index is 12.7. The molecular weight excluding hydrogens is 400 g/mol. The van der Waals surface area contributed by atoms with E-state index in [4.69, 9.17) is 0 Å². The lowest BCUT2D eigenvalue weighted by Gasteiger charge is -2.34. The van der Waals surface area contributed by atoms with Gasteiger partial charge in [0.2, 0.25) is 0 Å². The van der Waals surface area contributed by atoms with Crippen LogP contribution in [0.1, 0.15) is 28.0 Å². The van der Waals surface area contributed by atoms with Gasteiger partial charge in [0.05, 0.1) is 17.5 Å². The van der Waals surface area contributed by atoms with Gasteiger partial charge in [-0.05, 0) is 18.6 Å². The monoisotopic (exact) mass is 426 g/mol. The van der Waals surface area contributed by atoms with E-state index < -0.39 is 0 Å². The lowest BCUT2D eigenvalue weighted by Crippen LogP contribution is -2.46. The summed E-state index contributed by atoms with van der Waals surface area (Å²) >= 11 is 0. The largest absolute Gasteiger partial charge is 0.300 e. The molecule has 7 nitrogen and oxygen atoms in total. The van der Waals surface area contributed by atoms with Crippen LogP contribution in [-0.2, 0) is 6.54 Å². The van der Waals surface area contributed by atoms with E-state index in [2.05, 4.69) is 55.2 Å². The van der Waals surface area contributed by atoms with Gasteiger partial charge >= 0.3 is 0 Å². The number of hydrogen-bond donors (Lipinski definition) is 0. The summed E-state index contributed by atoms with van der Waals surface area (Å²) < 4.78 is 1.62. The predicted molar refractivity (Wildman–Crippen MR) is 118 cm³/mol. The number of ketones is 1. The topological polar surface area (TPSA) is 67.2 Å². The lowest BCUT2D eigenvalue weighted by atomic mass is 10.1. The second-order valence-electron chi connectivity index (χ2n) is 7.38. The Morgan fingerprint density at radius 1 is 0.967 bits per heavy atom. The van der Waals surface area contributed by atoms with E-state index in [9.17, 15) is 4.79 Å². The molecule has 0 bridgehead atoms. The van der Waals surface area contributed by atoms with Gasteiger partial charge < -0.3 is 4.90 Å². The molecule has 1 fully saturated rings. The van der Waals surface area contributed by atoms with Crippen molar-refractivity contribution in [1.29, 1.82) is 0 Å². The minimum absolute atomic E-state index is 0. The second kappa shape index (κ2) is 10.4. The molecule has 2 aromatic heterocycles. The summed E-state index contributed by atoms with van der Waals surface area (Å²) in [5.74, 6) is 0.606. The molecule has 1 saturated heterocycles. The molecule has 0 unspecified atom stereocenters. The Labute approximate surface area is 183 Å². The molecule has 4 rings (SSSR count). The maximum Gasteiger partial charge on any atom is 0.250 e. The number of nitrogens with zero attached hydrogens (tertiary/aromatic N) is 6. The molecule has 1 aromatic carbocycles. The Morgan fingerprint density at radius 3 is 2.33 bits per heavy atom. The van der Waals surface area contributed by atoms with Crippen LogP contribution in [0.5, 0.6) is 0 Å². The Morgan fingerprint density at radius 2 is 1.63 bits per heavy atom. The van der Waals surface area contributed by atoms with Gasteiger partial charge in [0.1, 0.15) is 0 Å². The van der Waals surface area contributed by atoms with Crippen molar-refractivity contribution in [1.82, 2.24) is 29.5 Å². The zero-order valence-electron chi connectivity index (χ0n) is 17.1. The van der Waals surface area contributed by atoms with Crippen molar-refractivity contribution in [3.05, 3.63) is 71.8 Å². The minimum atomic E-state index is 0. The fourth-order valence-electron chi connectivity index (χ4n) is 3.69. The van der Waals surface area contributed by atoms with Crippen LogP contribution in [0.25, 0.3) is 5.95 Å². The summed E-state index contributed by atoms with van der Waals surface area (Å²) in [4.78, 5) is 26.0. The number of hydrogen-bond acceptors (Lipinski definition) is 6. The molecule has 0 atom stereocenters. The molecule has 0 aliphatic carbocycles. The summed E-state index contributed by atoms with van der Waals surface area (Å²) in [6.45, 7) is 7.72. The van der Waals surface area contributed by atoms with Gasteiger partial charge in [0, 0.05) is 58.1 Å². The van der Waals surface area contributed by atoms with Crippen LogP contribution in [0.3, 0.4) is 0 Å². The minimum Gasteiger partial charge on any atom is -0.300 e. The van der Waals surface area contributed by atoms with Crippen LogP contribution in [0.15, 0.2) is 55.0 Å². The van der Waals surface area contributed by atoms with Crippen LogP contribution in [0.2, 0.25) is 0 Å². The summed E-state index contributed by atoms with van der Waals surface area (Å²) in [5, 5.41) is 4.30. The van der Waals surface area contributed by atoms with Crippen LogP contribution < -0.4 is 0 Å². The van der Waals surface area contributed by atoms with Gasteiger partial charge in [0.15, 0.2) is 5.78 Å². The number of carbonyl (C=O) groups excluding carboxylic acids is 1. The highest BCUT2D eigenvalue weighted by Gasteiger charge is 2.20. The Hall–Kier alpha value is -2.61. The number of halogens is 1. The number of Topliss-reactive ketones (excluding diaryl/α,β-unsaturated/α-hetero) is 1. The number of piperazine rings is 1. The molecule has 1 aliphatic rings. The summed E-state index contributed by atoms with van der Waals surface area (Å²) in [7, 11) is 0. The first-order chi connectivity index (χ1) is 14.2. The highest BCUT2D eigenvalue weighted by molar-refractivity contribution is 5.97. The first kappa shape index (κ1) is 22.1. The molecule has 1 aliphatic heterocycles. The molecule has 0 amide bonds. The quantitative estimate of drug-likeness (QED) is 0.541. The van der Waals surface area contributed by atoms with Crippen LogP contribution in [0, 0.1) is 6.92 Å². The molecule has 0 spiro atoms. The van der Waals surface area contributed by atoms with Crippen LogP contribution >= 0.6 is 12.4 Å². The highest BCUT2D eigenvalue weighted by atomic mass is 35.5. The van der Waals surface area contributed by atoms with E-state index in [1.807, 2.05) is 6.92 Å². The Bertz CT molecular complexity index is 939. The third kappa shape index (κ3) is 5.30. The van der Waals surface area contributed by atoms with Crippen molar-refractivity contribution in [2.75, 3.05) is 32.7 Å². The molecule has 3 heterocycles. The molecule has 0 N–H and O–H groups in total. The summed E-state index contributed by atoms with van der Waals surface area (Å²) in [6.07, 6.45) is 5.47. The fourth-order valence-corrected chi connectivity index (χ4v) is 3.69. The van der Waals surface area contributed by atoms with Gasteiger partial charge in [-0.3, -0.25) is 9.69 Å².